The van der Waals surface area contributed by atoms with Gasteiger partial charge in [-0.3, -0.25) is 0 Å². The predicted octanol–water partition coefficient (Wildman–Crippen LogP) is 6.78. The Labute approximate surface area is 211 Å². The summed E-state index contributed by atoms with van der Waals surface area (Å²) in [6.45, 7) is 14.4. The number of aliphatic hydroxyl groups is 1. The van der Waals surface area contributed by atoms with Gasteiger partial charge >= 0.3 is 0 Å². The maximum Gasteiger partial charge on any atom is 0.0579 e. The standard InChI is InChI=1S/C31H58N2O/c1-21(2)9-8-10-22(3)25-14-16-31(5)26(25)11-12-27-29(31)28(34)20-23-19-24(13-15-30(23,27)4)33-18-7-6-17-32/h21-29,33-34H,6-20,32H2,1-5H3/t22-,23-,24?,25-,26?,27?,28-,29?,30+,31?/m1/s1. The van der Waals surface area contributed by atoms with Crippen molar-refractivity contribution in [1.29, 1.82) is 0 Å². The van der Waals surface area contributed by atoms with Crippen molar-refractivity contribution in [3.05, 3.63) is 0 Å². The van der Waals surface area contributed by atoms with Crippen molar-refractivity contribution >= 4 is 0 Å². The predicted molar refractivity (Wildman–Crippen MR) is 145 cm³/mol. The summed E-state index contributed by atoms with van der Waals surface area (Å²) in [7, 11) is 0. The van der Waals surface area contributed by atoms with Crippen LogP contribution in [-0.4, -0.2) is 30.3 Å². The summed E-state index contributed by atoms with van der Waals surface area (Å²) in [5.41, 5.74) is 6.48. The maximum absolute atomic E-state index is 11.7. The van der Waals surface area contributed by atoms with Crippen molar-refractivity contribution < 1.29 is 5.11 Å². The van der Waals surface area contributed by atoms with Gasteiger partial charge in [0.1, 0.15) is 0 Å². The molecule has 10 atom stereocenters. The zero-order chi connectivity index (χ0) is 24.5. The molecule has 0 aromatic heterocycles. The fourth-order valence-electron chi connectivity index (χ4n) is 9.97. The first-order valence-electron chi connectivity index (χ1n) is 15.3. The number of aliphatic hydroxyl groups excluding tert-OH is 1. The Kier molecular flexibility index (Phi) is 8.79. The third-order valence-electron chi connectivity index (χ3n) is 11.9. The Hall–Kier alpha value is -0.120. The molecule has 0 aromatic rings. The van der Waals surface area contributed by atoms with E-state index in [0.717, 1.165) is 55.5 Å². The first kappa shape index (κ1) is 26.9. The summed E-state index contributed by atoms with van der Waals surface area (Å²) >= 11 is 0. The van der Waals surface area contributed by atoms with E-state index in [9.17, 15) is 5.11 Å². The molecule has 4 saturated carbocycles. The Balaban J connectivity index is 1.41. The minimum absolute atomic E-state index is 0.0816. The van der Waals surface area contributed by atoms with Crippen LogP contribution in [0.15, 0.2) is 0 Å². The molecule has 4 fully saturated rings. The Bertz CT molecular complexity index is 651. The summed E-state index contributed by atoms with van der Waals surface area (Å²) in [5, 5.41) is 15.5. The smallest absolute Gasteiger partial charge is 0.0579 e. The largest absolute Gasteiger partial charge is 0.393 e. The van der Waals surface area contributed by atoms with Gasteiger partial charge in [-0.05, 0) is 130 Å². The number of hydrogen-bond donors (Lipinski definition) is 3. The molecule has 4 aliphatic carbocycles. The number of unbranched alkanes of at least 4 members (excludes halogenated alkanes) is 1. The van der Waals surface area contributed by atoms with Crippen LogP contribution in [0.3, 0.4) is 0 Å². The normalized spacial score (nSPS) is 45.0. The van der Waals surface area contributed by atoms with E-state index < -0.39 is 0 Å². The third kappa shape index (κ3) is 5.14. The summed E-state index contributed by atoms with van der Waals surface area (Å²) in [4.78, 5) is 0. The molecule has 0 amide bonds. The molecular formula is C31H58N2O. The van der Waals surface area contributed by atoms with Crippen LogP contribution in [0.1, 0.15) is 118 Å². The van der Waals surface area contributed by atoms with Gasteiger partial charge in [-0.25, -0.2) is 0 Å². The van der Waals surface area contributed by atoms with Crippen molar-refractivity contribution in [2.75, 3.05) is 13.1 Å². The molecule has 34 heavy (non-hydrogen) atoms. The lowest BCUT2D eigenvalue weighted by Gasteiger charge is -2.63. The monoisotopic (exact) mass is 474 g/mol. The van der Waals surface area contributed by atoms with E-state index in [1.54, 1.807) is 0 Å². The quantitative estimate of drug-likeness (QED) is 0.306. The molecule has 198 valence electrons. The Morgan fingerprint density at radius 1 is 0.882 bits per heavy atom. The lowest BCUT2D eigenvalue weighted by molar-refractivity contribution is -0.178. The highest BCUT2D eigenvalue weighted by Crippen LogP contribution is 2.69. The van der Waals surface area contributed by atoms with Crippen LogP contribution in [0.25, 0.3) is 0 Å². The second kappa shape index (κ2) is 11.1. The van der Waals surface area contributed by atoms with Gasteiger partial charge in [0.25, 0.3) is 0 Å². The maximum atomic E-state index is 11.7. The zero-order valence-corrected chi connectivity index (χ0v) is 23.3. The highest BCUT2D eigenvalue weighted by molar-refractivity contribution is 5.13. The van der Waals surface area contributed by atoms with Crippen LogP contribution in [-0.2, 0) is 0 Å². The third-order valence-corrected chi connectivity index (χ3v) is 11.9. The highest BCUT2D eigenvalue weighted by atomic mass is 16.3. The van der Waals surface area contributed by atoms with E-state index in [2.05, 4.69) is 39.9 Å². The van der Waals surface area contributed by atoms with Gasteiger partial charge in [0.2, 0.25) is 0 Å². The zero-order valence-electron chi connectivity index (χ0n) is 23.3. The summed E-state index contributed by atoms with van der Waals surface area (Å²) in [6.07, 6.45) is 17.0. The van der Waals surface area contributed by atoms with Gasteiger partial charge in [0, 0.05) is 6.04 Å². The second-order valence-corrected chi connectivity index (χ2v) is 14.3. The van der Waals surface area contributed by atoms with E-state index in [4.69, 9.17) is 5.73 Å². The van der Waals surface area contributed by atoms with Crippen LogP contribution in [0.5, 0.6) is 0 Å². The van der Waals surface area contributed by atoms with E-state index in [0.29, 0.717) is 28.7 Å². The Morgan fingerprint density at radius 2 is 1.62 bits per heavy atom. The highest BCUT2D eigenvalue weighted by Gasteiger charge is 2.63. The van der Waals surface area contributed by atoms with Crippen molar-refractivity contribution in [3.8, 4) is 0 Å². The van der Waals surface area contributed by atoms with Gasteiger partial charge in [-0.15, -0.1) is 0 Å². The van der Waals surface area contributed by atoms with Crippen molar-refractivity contribution in [1.82, 2.24) is 5.32 Å². The van der Waals surface area contributed by atoms with Crippen LogP contribution in [0.4, 0.5) is 0 Å². The molecule has 0 radical (unpaired) electrons. The van der Waals surface area contributed by atoms with E-state index in [-0.39, 0.29) is 6.10 Å². The lowest BCUT2D eigenvalue weighted by atomic mass is 9.42. The second-order valence-electron chi connectivity index (χ2n) is 14.3. The average Bonchev–Trinajstić information content (AvgIpc) is 3.14. The van der Waals surface area contributed by atoms with Crippen molar-refractivity contribution in [3.63, 3.8) is 0 Å². The van der Waals surface area contributed by atoms with Crippen molar-refractivity contribution in [2.45, 2.75) is 130 Å². The molecular weight excluding hydrogens is 416 g/mol. The summed E-state index contributed by atoms with van der Waals surface area (Å²) in [6, 6.07) is 0.647. The number of rotatable bonds is 10. The molecule has 0 bridgehead atoms. The number of nitrogens with one attached hydrogen (secondary N) is 1. The molecule has 0 aromatic carbocycles. The molecule has 0 heterocycles. The number of nitrogens with two attached hydrogens (primary N) is 1. The van der Waals surface area contributed by atoms with Gasteiger partial charge in [0.15, 0.2) is 0 Å². The Morgan fingerprint density at radius 3 is 2.35 bits per heavy atom. The van der Waals surface area contributed by atoms with E-state index in [1.165, 1.54) is 70.6 Å². The molecule has 5 unspecified atom stereocenters. The molecule has 0 saturated heterocycles. The van der Waals surface area contributed by atoms with Gasteiger partial charge in [0.05, 0.1) is 6.10 Å². The van der Waals surface area contributed by atoms with Gasteiger partial charge in [-0.1, -0.05) is 53.9 Å². The first-order valence-corrected chi connectivity index (χ1v) is 15.3. The molecule has 4 N–H and O–H groups in total. The van der Waals surface area contributed by atoms with Crippen molar-refractivity contribution in [2.24, 2.45) is 58.0 Å². The minimum atomic E-state index is -0.0816. The first-order chi connectivity index (χ1) is 16.2. The molecule has 3 heteroatoms. The molecule has 0 aliphatic heterocycles. The summed E-state index contributed by atoms with van der Waals surface area (Å²) in [5.74, 6) is 5.38. The minimum Gasteiger partial charge on any atom is -0.393 e. The molecule has 4 aliphatic rings. The number of fused-ring (bicyclic) bond motifs is 5. The van der Waals surface area contributed by atoms with Gasteiger partial charge in [-0.2, -0.15) is 0 Å². The summed E-state index contributed by atoms with van der Waals surface area (Å²) < 4.78 is 0. The van der Waals surface area contributed by atoms with Crippen LogP contribution in [0.2, 0.25) is 0 Å². The topological polar surface area (TPSA) is 58.3 Å². The van der Waals surface area contributed by atoms with Crippen LogP contribution in [0, 0.1) is 52.3 Å². The van der Waals surface area contributed by atoms with Crippen LogP contribution < -0.4 is 11.1 Å². The van der Waals surface area contributed by atoms with E-state index >= 15 is 0 Å². The fraction of sp³-hybridized carbons (Fsp3) is 1.00. The lowest BCUT2D eigenvalue weighted by Crippen LogP contribution is -2.60. The molecule has 4 rings (SSSR count). The number of hydrogen-bond acceptors (Lipinski definition) is 3. The van der Waals surface area contributed by atoms with E-state index in [1.807, 2.05) is 0 Å². The molecule has 3 nitrogen and oxygen atoms in total. The van der Waals surface area contributed by atoms with Crippen LogP contribution >= 0.6 is 0 Å². The molecule has 0 spiro atoms. The average molecular weight is 475 g/mol. The van der Waals surface area contributed by atoms with Gasteiger partial charge < -0.3 is 16.2 Å². The SMILES string of the molecule is CC(C)CCC[C@@H](C)[C@H]1CCC2(C)C3C(CCC12)[C@@]1(C)CCC(NCCCCN)C[C@@H]1C[C@H]3O. The fourth-order valence-corrected chi connectivity index (χ4v) is 9.97.